The summed E-state index contributed by atoms with van der Waals surface area (Å²) in [5.74, 6) is 2.97. The van der Waals surface area contributed by atoms with Gasteiger partial charge in [-0.05, 0) is 25.8 Å². The maximum Gasteiger partial charge on any atom is 0.257 e. The lowest BCUT2D eigenvalue weighted by Crippen LogP contribution is -2.48. The third kappa shape index (κ3) is 3.33. The Kier molecular flexibility index (Phi) is 4.57. The Morgan fingerprint density at radius 2 is 1.96 bits per heavy atom. The predicted octanol–water partition coefficient (Wildman–Crippen LogP) is 1.86. The van der Waals surface area contributed by atoms with E-state index in [1.807, 2.05) is 11.8 Å². The highest BCUT2D eigenvalue weighted by Gasteiger charge is 2.25. The number of furan rings is 1. The molecule has 0 spiro atoms. The molecule has 0 saturated carbocycles. The zero-order valence-corrected chi connectivity index (χ0v) is 14.8. The maximum atomic E-state index is 12.6. The molecule has 4 rings (SSSR count). The van der Waals surface area contributed by atoms with Gasteiger partial charge >= 0.3 is 0 Å². The van der Waals surface area contributed by atoms with Crippen LogP contribution in [0.5, 0.6) is 0 Å². The number of aromatic nitrogens is 3. The van der Waals surface area contributed by atoms with Gasteiger partial charge in [-0.25, -0.2) is 0 Å². The van der Waals surface area contributed by atoms with Crippen molar-refractivity contribution in [1.29, 1.82) is 0 Å². The maximum absolute atomic E-state index is 12.6. The first-order valence-corrected chi connectivity index (χ1v) is 9.19. The molecular formula is C18H25N5O2. The van der Waals surface area contributed by atoms with E-state index in [-0.39, 0.29) is 5.91 Å². The average molecular weight is 343 g/mol. The van der Waals surface area contributed by atoms with Crippen LogP contribution in [0, 0.1) is 6.92 Å². The van der Waals surface area contributed by atoms with Gasteiger partial charge < -0.3 is 13.9 Å². The lowest BCUT2D eigenvalue weighted by molar-refractivity contribution is 0.0622. The first-order valence-electron chi connectivity index (χ1n) is 9.19. The lowest BCUT2D eigenvalue weighted by Gasteiger charge is -2.34. The van der Waals surface area contributed by atoms with Crippen molar-refractivity contribution in [3.8, 4) is 0 Å². The second-order valence-electron chi connectivity index (χ2n) is 6.95. The number of fused-ring (bicyclic) bond motifs is 1. The van der Waals surface area contributed by atoms with Crippen molar-refractivity contribution in [2.45, 2.75) is 45.7 Å². The number of hydrogen-bond acceptors (Lipinski definition) is 5. The van der Waals surface area contributed by atoms with Crippen molar-refractivity contribution >= 4 is 5.91 Å². The predicted molar refractivity (Wildman–Crippen MR) is 92.2 cm³/mol. The topological polar surface area (TPSA) is 67.4 Å². The first-order chi connectivity index (χ1) is 12.2. The fourth-order valence-electron chi connectivity index (χ4n) is 3.75. The lowest BCUT2D eigenvalue weighted by atomic mass is 10.2. The standard InChI is InChI=1S/C18H25N5O2/c1-14-15(6-12-25-14)18(24)22-10-8-21(9-11-22)13-17-20-19-16-5-3-2-4-7-23(16)17/h6,12H,2-5,7-11,13H2,1H3. The quantitative estimate of drug-likeness (QED) is 0.851. The Labute approximate surface area is 147 Å². The summed E-state index contributed by atoms with van der Waals surface area (Å²) < 4.78 is 7.56. The zero-order valence-electron chi connectivity index (χ0n) is 14.8. The van der Waals surface area contributed by atoms with Gasteiger partial charge in [-0.3, -0.25) is 9.69 Å². The van der Waals surface area contributed by atoms with E-state index in [9.17, 15) is 4.79 Å². The van der Waals surface area contributed by atoms with Crippen LogP contribution < -0.4 is 0 Å². The highest BCUT2D eigenvalue weighted by Crippen LogP contribution is 2.17. The number of amides is 1. The molecule has 1 saturated heterocycles. The summed E-state index contributed by atoms with van der Waals surface area (Å²) in [7, 11) is 0. The summed E-state index contributed by atoms with van der Waals surface area (Å²) in [4.78, 5) is 16.8. The molecule has 2 aromatic rings. The number of piperazine rings is 1. The minimum Gasteiger partial charge on any atom is -0.469 e. The molecule has 7 heteroatoms. The molecule has 0 bridgehead atoms. The fourth-order valence-corrected chi connectivity index (χ4v) is 3.75. The monoisotopic (exact) mass is 343 g/mol. The van der Waals surface area contributed by atoms with Crippen molar-refractivity contribution in [3.63, 3.8) is 0 Å². The van der Waals surface area contributed by atoms with Gasteiger partial charge in [-0.15, -0.1) is 10.2 Å². The molecule has 2 aliphatic rings. The number of carbonyl (C=O) groups excluding carboxylic acids is 1. The van der Waals surface area contributed by atoms with E-state index in [0.717, 1.165) is 57.3 Å². The van der Waals surface area contributed by atoms with Gasteiger partial charge in [-0.1, -0.05) is 6.42 Å². The van der Waals surface area contributed by atoms with Crippen molar-refractivity contribution in [2.24, 2.45) is 0 Å². The minimum absolute atomic E-state index is 0.0715. The van der Waals surface area contributed by atoms with Gasteiger partial charge in [0.05, 0.1) is 18.4 Å². The second-order valence-corrected chi connectivity index (χ2v) is 6.95. The number of nitrogens with zero attached hydrogens (tertiary/aromatic N) is 5. The molecule has 1 amide bonds. The Morgan fingerprint density at radius 3 is 2.72 bits per heavy atom. The van der Waals surface area contributed by atoms with E-state index in [0.29, 0.717) is 11.3 Å². The Balaban J connectivity index is 1.36. The molecule has 0 N–H and O–H groups in total. The average Bonchev–Trinajstić information content (AvgIpc) is 3.13. The minimum atomic E-state index is 0.0715. The Hall–Kier alpha value is -2.15. The number of rotatable bonds is 3. The molecule has 0 unspecified atom stereocenters. The van der Waals surface area contributed by atoms with Crippen LogP contribution in [0.3, 0.4) is 0 Å². The molecule has 0 aromatic carbocycles. The van der Waals surface area contributed by atoms with Gasteiger partial charge in [0.15, 0.2) is 0 Å². The van der Waals surface area contributed by atoms with Gasteiger partial charge in [0, 0.05) is 39.1 Å². The van der Waals surface area contributed by atoms with E-state index >= 15 is 0 Å². The number of hydrogen-bond donors (Lipinski definition) is 0. The van der Waals surface area contributed by atoms with Crippen LogP contribution in [0.15, 0.2) is 16.7 Å². The van der Waals surface area contributed by atoms with Gasteiger partial charge in [0.2, 0.25) is 0 Å². The van der Waals surface area contributed by atoms with Gasteiger partial charge in [0.25, 0.3) is 5.91 Å². The van der Waals surface area contributed by atoms with Crippen LogP contribution in [-0.4, -0.2) is 56.7 Å². The fraction of sp³-hybridized carbons (Fsp3) is 0.611. The largest absolute Gasteiger partial charge is 0.469 e. The molecular weight excluding hydrogens is 318 g/mol. The molecule has 0 atom stereocenters. The van der Waals surface area contributed by atoms with Crippen molar-refractivity contribution in [1.82, 2.24) is 24.6 Å². The molecule has 2 aliphatic heterocycles. The molecule has 0 radical (unpaired) electrons. The molecule has 134 valence electrons. The summed E-state index contributed by atoms with van der Waals surface area (Å²) in [6.07, 6.45) is 6.32. The van der Waals surface area contributed by atoms with Crippen LogP contribution in [-0.2, 0) is 19.5 Å². The molecule has 7 nitrogen and oxygen atoms in total. The van der Waals surface area contributed by atoms with E-state index in [1.54, 1.807) is 12.3 Å². The Morgan fingerprint density at radius 1 is 1.12 bits per heavy atom. The smallest absolute Gasteiger partial charge is 0.257 e. The van der Waals surface area contributed by atoms with E-state index < -0.39 is 0 Å². The van der Waals surface area contributed by atoms with E-state index in [1.165, 1.54) is 19.3 Å². The van der Waals surface area contributed by atoms with Crippen LogP contribution in [0.1, 0.15) is 47.0 Å². The number of aryl methyl sites for hydroxylation is 2. The third-order valence-corrected chi connectivity index (χ3v) is 5.30. The Bertz CT molecular complexity index is 742. The zero-order chi connectivity index (χ0) is 17.2. The molecule has 4 heterocycles. The SMILES string of the molecule is Cc1occc1C(=O)N1CCN(Cc2nnc3n2CCCCC3)CC1. The summed E-state index contributed by atoms with van der Waals surface area (Å²) in [6, 6.07) is 1.76. The van der Waals surface area contributed by atoms with E-state index in [2.05, 4.69) is 19.7 Å². The normalized spacial score (nSPS) is 18.8. The summed E-state index contributed by atoms with van der Waals surface area (Å²) in [5, 5.41) is 8.80. The molecule has 1 fully saturated rings. The third-order valence-electron chi connectivity index (χ3n) is 5.30. The summed E-state index contributed by atoms with van der Waals surface area (Å²) in [6.45, 7) is 6.90. The van der Waals surface area contributed by atoms with Crippen LogP contribution in [0.25, 0.3) is 0 Å². The highest BCUT2D eigenvalue weighted by atomic mass is 16.3. The van der Waals surface area contributed by atoms with Crippen molar-refractivity contribution in [2.75, 3.05) is 26.2 Å². The molecule has 0 aliphatic carbocycles. The van der Waals surface area contributed by atoms with Gasteiger partial charge in [-0.2, -0.15) is 0 Å². The van der Waals surface area contributed by atoms with Gasteiger partial charge in [0.1, 0.15) is 17.4 Å². The van der Waals surface area contributed by atoms with E-state index in [4.69, 9.17) is 4.42 Å². The highest BCUT2D eigenvalue weighted by molar-refractivity contribution is 5.95. The van der Waals surface area contributed by atoms with Crippen molar-refractivity contribution in [3.05, 3.63) is 35.3 Å². The molecule has 25 heavy (non-hydrogen) atoms. The van der Waals surface area contributed by atoms with Crippen molar-refractivity contribution < 1.29 is 9.21 Å². The summed E-state index contributed by atoms with van der Waals surface area (Å²) >= 11 is 0. The van der Waals surface area contributed by atoms with Crippen LogP contribution in [0.2, 0.25) is 0 Å². The first kappa shape index (κ1) is 16.3. The summed E-state index contributed by atoms with van der Waals surface area (Å²) in [5.41, 5.74) is 0.677. The molecule has 2 aromatic heterocycles. The second kappa shape index (κ2) is 7.00. The van der Waals surface area contributed by atoms with Crippen LogP contribution in [0.4, 0.5) is 0 Å². The number of carbonyl (C=O) groups is 1. The van der Waals surface area contributed by atoms with Crippen LogP contribution >= 0.6 is 0 Å².